The Morgan fingerprint density at radius 2 is 1.89 bits per heavy atom. The molecule has 94 valence electrons. The summed E-state index contributed by atoms with van der Waals surface area (Å²) in [5.41, 5.74) is 7.21. The normalized spacial score (nSPS) is 10.9. The fraction of sp³-hybridized carbons (Fsp3) is 0.308. The zero-order valence-electron chi connectivity index (χ0n) is 10.6. The van der Waals surface area contributed by atoms with Gasteiger partial charge in [0.1, 0.15) is 11.6 Å². The van der Waals surface area contributed by atoms with Crippen molar-refractivity contribution in [2.75, 3.05) is 5.73 Å². The first-order valence-corrected chi connectivity index (χ1v) is 5.75. The number of hydrogen-bond donors (Lipinski definition) is 1. The molecule has 0 saturated heterocycles. The van der Waals surface area contributed by atoms with Crippen molar-refractivity contribution in [1.82, 2.24) is 15.0 Å². The summed E-state index contributed by atoms with van der Waals surface area (Å²) < 4.78 is 13.3. The largest absolute Gasteiger partial charge is 0.368 e. The molecular formula is C13H15FN4. The van der Waals surface area contributed by atoms with Gasteiger partial charge in [0.05, 0.1) is 0 Å². The van der Waals surface area contributed by atoms with E-state index in [9.17, 15) is 4.39 Å². The average Bonchev–Trinajstić information content (AvgIpc) is 2.31. The molecule has 2 N–H and O–H groups in total. The van der Waals surface area contributed by atoms with E-state index in [0.717, 1.165) is 5.56 Å². The van der Waals surface area contributed by atoms with E-state index in [1.165, 1.54) is 12.1 Å². The standard InChI is InChI=1S/C13H15FN4/c1-7(2)11-16-12(18-13(15)17-11)10-6-9(14)5-4-8(10)3/h4-7H,1-3H3,(H2,15,16,17,18). The maximum atomic E-state index is 13.3. The molecule has 0 aliphatic carbocycles. The molecule has 0 aliphatic rings. The van der Waals surface area contributed by atoms with Crippen molar-refractivity contribution in [1.29, 1.82) is 0 Å². The van der Waals surface area contributed by atoms with Gasteiger partial charge in [-0.1, -0.05) is 19.9 Å². The van der Waals surface area contributed by atoms with Crippen molar-refractivity contribution < 1.29 is 4.39 Å². The Morgan fingerprint density at radius 3 is 2.56 bits per heavy atom. The van der Waals surface area contributed by atoms with Gasteiger partial charge in [-0.25, -0.2) is 9.37 Å². The molecule has 5 heteroatoms. The minimum absolute atomic E-state index is 0.142. The molecule has 1 heterocycles. The van der Waals surface area contributed by atoms with Crippen molar-refractivity contribution in [3.8, 4) is 11.4 Å². The number of aromatic nitrogens is 3. The number of anilines is 1. The van der Waals surface area contributed by atoms with Crippen LogP contribution in [0.5, 0.6) is 0 Å². The van der Waals surface area contributed by atoms with Gasteiger partial charge in [0, 0.05) is 11.5 Å². The molecule has 18 heavy (non-hydrogen) atoms. The van der Waals surface area contributed by atoms with Gasteiger partial charge in [-0.05, 0) is 24.6 Å². The van der Waals surface area contributed by atoms with Crippen molar-refractivity contribution in [2.45, 2.75) is 26.7 Å². The topological polar surface area (TPSA) is 64.7 Å². The lowest BCUT2D eigenvalue weighted by molar-refractivity contribution is 0.627. The van der Waals surface area contributed by atoms with Crippen LogP contribution < -0.4 is 5.73 Å². The van der Waals surface area contributed by atoms with E-state index in [-0.39, 0.29) is 17.7 Å². The summed E-state index contributed by atoms with van der Waals surface area (Å²) in [5.74, 6) is 1.01. The van der Waals surface area contributed by atoms with Gasteiger partial charge in [-0.3, -0.25) is 0 Å². The number of rotatable bonds is 2. The summed E-state index contributed by atoms with van der Waals surface area (Å²) in [6.07, 6.45) is 0. The van der Waals surface area contributed by atoms with Crippen LogP contribution in [0.3, 0.4) is 0 Å². The molecule has 2 aromatic rings. The molecule has 2 rings (SSSR count). The first-order valence-electron chi connectivity index (χ1n) is 5.75. The van der Waals surface area contributed by atoms with E-state index >= 15 is 0 Å². The molecule has 0 spiro atoms. The molecule has 0 unspecified atom stereocenters. The van der Waals surface area contributed by atoms with Crippen molar-refractivity contribution in [3.63, 3.8) is 0 Å². The second kappa shape index (κ2) is 4.68. The lowest BCUT2D eigenvalue weighted by atomic mass is 10.1. The number of aryl methyl sites for hydroxylation is 1. The Kier molecular flexibility index (Phi) is 3.23. The van der Waals surface area contributed by atoms with Crippen LogP contribution in [0, 0.1) is 12.7 Å². The second-order valence-electron chi connectivity index (χ2n) is 4.49. The van der Waals surface area contributed by atoms with Crippen LogP contribution in [0.15, 0.2) is 18.2 Å². The molecule has 0 atom stereocenters. The smallest absolute Gasteiger partial charge is 0.223 e. The molecule has 0 amide bonds. The molecule has 0 saturated carbocycles. The van der Waals surface area contributed by atoms with Gasteiger partial charge in [0.25, 0.3) is 0 Å². The molecule has 0 radical (unpaired) electrons. The minimum atomic E-state index is -0.319. The van der Waals surface area contributed by atoms with Crippen LogP contribution in [0.25, 0.3) is 11.4 Å². The molecule has 1 aromatic carbocycles. The van der Waals surface area contributed by atoms with E-state index in [1.807, 2.05) is 20.8 Å². The van der Waals surface area contributed by atoms with E-state index < -0.39 is 0 Å². The van der Waals surface area contributed by atoms with Gasteiger partial charge in [-0.15, -0.1) is 0 Å². The monoisotopic (exact) mass is 246 g/mol. The number of halogens is 1. The van der Waals surface area contributed by atoms with Crippen molar-refractivity contribution >= 4 is 5.95 Å². The first kappa shape index (κ1) is 12.4. The quantitative estimate of drug-likeness (QED) is 0.884. The fourth-order valence-electron chi connectivity index (χ4n) is 1.62. The summed E-state index contributed by atoms with van der Waals surface area (Å²) in [4.78, 5) is 12.5. The van der Waals surface area contributed by atoms with Crippen LogP contribution in [0.1, 0.15) is 31.2 Å². The Balaban J connectivity index is 2.60. The van der Waals surface area contributed by atoms with Crippen LogP contribution in [0.4, 0.5) is 10.3 Å². The van der Waals surface area contributed by atoms with Crippen LogP contribution >= 0.6 is 0 Å². The van der Waals surface area contributed by atoms with Gasteiger partial charge < -0.3 is 5.73 Å². The van der Waals surface area contributed by atoms with E-state index in [1.54, 1.807) is 6.07 Å². The summed E-state index contributed by atoms with van der Waals surface area (Å²) in [6.45, 7) is 5.82. The molecule has 0 aliphatic heterocycles. The highest BCUT2D eigenvalue weighted by atomic mass is 19.1. The highest BCUT2D eigenvalue weighted by Gasteiger charge is 2.12. The van der Waals surface area contributed by atoms with E-state index in [0.29, 0.717) is 17.2 Å². The molecular weight excluding hydrogens is 231 g/mol. The van der Waals surface area contributed by atoms with Gasteiger partial charge in [-0.2, -0.15) is 9.97 Å². The predicted molar refractivity (Wildman–Crippen MR) is 68.5 cm³/mol. The fourth-order valence-corrected chi connectivity index (χ4v) is 1.62. The van der Waals surface area contributed by atoms with E-state index in [2.05, 4.69) is 15.0 Å². The third-order valence-corrected chi connectivity index (χ3v) is 2.63. The lowest BCUT2D eigenvalue weighted by Crippen LogP contribution is -2.06. The summed E-state index contributed by atoms with van der Waals surface area (Å²) >= 11 is 0. The second-order valence-corrected chi connectivity index (χ2v) is 4.49. The minimum Gasteiger partial charge on any atom is -0.368 e. The van der Waals surface area contributed by atoms with Crippen molar-refractivity contribution in [2.24, 2.45) is 0 Å². The Bertz CT molecular complexity index is 581. The zero-order valence-corrected chi connectivity index (χ0v) is 10.6. The van der Waals surface area contributed by atoms with E-state index in [4.69, 9.17) is 5.73 Å². The average molecular weight is 246 g/mol. The first-order chi connectivity index (χ1) is 8.47. The predicted octanol–water partition coefficient (Wildman–Crippen LogP) is 2.69. The Morgan fingerprint density at radius 1 is 1.17 bits per heavy atom. The van der Waals surface area contributed by atoms with Crippen molar-refractivity contribution in [3.05, 3.63) is 35.4 Å². The SMILES string of the molecule is Cc1ccc(F)cc1-c1nc(N)nc(C(C)C)n1. The zero-order chi connectivity index (χ0) is 13.3. The number of hydrogen-bond acceptors (Lipinski definition) is 4. The highest BCUT2D eigenvalue weighted by molar-refractivity contribution is 5.60. The molecule has 0 bridgehead atoms. The summed E-state index contributed by atoms with van der Waals surface area (Å²) in [5, 5.41) is 0. The molecule has 4 nitrogen and oxygen atoms in total. The third-order valence-electron chi connectivity index (χ3n) is 2.63. The van der Waals surface area contributed by atoms with Gasteiger partial charge in [0.2, 0.25) is 5.95 Å². The maximum absolute atomic E-state index is 13.3. The third kappa shape index (κ3) is 2.45. The summed E-state index contributed by atoms with van der Waals surface area (Å²) in [6, 6.07) is 4.51. The van der Waals surface area contributed by atoms with Crippen LogP contribution in [-0.2, 0) is 0 Å². The Hall–Kier alpha value is -2.04. The number of benzene rings is 1. The van der Waals surface area contributed by atoms with Gasteiger partial charge in [0.15, 0.2) is 5.82 Å². The molecule has 1 aromatic heterocycles. The Labute approximate surface area is 105 Å². The maximum Gasteiger partial charge on any atom is 0.223 e. The number of nitrogens with two attached hydrogens (primary N) is 1. The van der Waals surface area contributed by atoms with Gasteiger partial charge >= 0.3 is 0 Å². The summed E-state index contributed by atoms with van der Waals surface area (Å²) in [7, 11) is 0. The lowest BCUT2D eigenvalue weighted by Gasteiger charge is -2.09. The van der Waals surface area contributed by atoms with Crippen LogP contribution in [-0.4, -0.2) is 15.0 Å². The molecule has 0 fully saturated rings. The number of nitrogens with zero attached hydrogens (tertiary/aromatic N) is 3. The highest BCUT2D eigenvalue weighted by Crippen LogP contribution is 2.22. The van der Waals surface area contributed by atoms with Crippen LogP contribution in [0.2, 0.25) is 0 Å². The number of nitrogen functional groups attached to an aromatic ring is 1.